The fourth-order valence-electron chi connectivity index (χ4n) is 2.16. The summed E-state index contributed by atoms with van der Waals surface area (Å²) in [5.74, 6) is 0.578. The Morgan fingerprint density at radius 1 is 1.10 bits per heavy atom. The Hall–Kier alpha value is -2.07. The highest BCUT2D eigenvalue weighted by atomic mass is 19.1. The topological polar surface area (TPSA) is 38.5 Å². The van der Waals surface area contributed by atoms with E-state index in [1.54, 1.807) is 25.3 Å². The van der Waals surface area contributed by atoms with Crippen molar-refractivity contribution in [2.45, 2.75) is 13.1 Å². The molecule has 0 atom stereocenters. The third kappa shape index (κ3) is 3.48. The van der Waals surface area contributed by atoms with Crippen LogP contribution in [-0.4, -0.2) is 19.1 Å². The number of halogens is 1. The van der Waals surface area contributed by atoms with E-state index in [0.717, 1.165) is 11.3 Å². The van der Waals surface area contributed by atoms with Gasteiger partial charge in [-0.1, -0.05) is 24.3 Å². The molecule has 20 heavy (non-hydrogen) atoms. The van der Waals surface area contributed by atoms with Crippen molar-refractivity contribution < 1.29 is 9.13 Å². The lowest BCUT2D eigenvalue weighted by Gasteiger charge is -2.19. The van der Waals surface area contributed by atoms with Crippen LogP contribution in [0, 0.1) is 5.82 Å². The summed E-state index contributed by atoms with van der Waals surface area (Å²) in [5, 5.41) is 0. The molecular formula is C16H19FN2O. The van der Waals surface area contributed by atoms with Gasteiger partial charge in [-0.3, -0.25) is 4.90 Å². The number of anilines is 1. The standard InChI is InChI=1S/C16H19FN2O/c1-19(10-12-5-3-4-6-15(12)17)11-13-7-8-14(18)9-16(13)20-2/h3-9H,10-11,18H2,1-2H3. The molecule has 106 valence electrons. The van der Waals surface area contributed by atoms with E-state index in [-0.39, 0.29) is 5.82 Å². The maximum absolute atomic E-state index is 13.6. The van der Waals surface area contributed by atoms with E-state index in [0.29, 0.717) is 24.3 Å². The monoisotopic (exact) mass is 274 g/mol. The minimum absolute atomic E-state index is 0.177. The zero-order valence-corrected chi connectivity index (χ0v) is 11.8. The first-order valence-electron chi connectivity index (χ1n) is 6.44. The smallest absolute Gasteiger partial charge is 0.127 e. The predicted octanol–water partition coefficient (Wildman–Crippen LogP) is 3.05. The SMILES string of the molecule is COc1cc(N)ccc1CN(C)Cc1ccccc1F. The fraction of sp³-hybridized carbons (Fsp3) is 0.250. The van der Waals surface area contributed by atoms with Crippen LogP contribution in [0.5, 0.6) is 5.75 Å². The van der Waals surface area contributed by atoms with E-state index in [1.807, 2.05) is 30.1 Å². The van der Waals surface area contributed by atoms with Gasteiger partial charge in [0.05, 0.1) is 7.11 Å². The second-order valence-corrected chi connectivity index (χ2v) is 4.83. The van der Waals surface area contributed by atoms with Gasteiger partial charge in [0, 0.05) is 36.0 Å². The average Bonchev–Trinajstić information content (AvgIpc) is 2.43. The average molecular weight is 274 g/mol. The van der Waals surface area contributed by atoms with Crippen molar-refractivity contribution in [1.82, 2.24) is 4.90 Å². The first kappa shape index (κ1) is 14.3. The molecule has 4 heteroatoms. The summed E-state index contributed by atoms with van der Waals surface area (Å²) in [6, 6.07) is 12.4. The molecule has 0 saturated carbocycles. The zero-order valence-electron chi connectivity index (χ0n) is 11.8. The molecule has 0 saturated heterocycles. The molecule has 0 amide bonds. The number of rotatable bonds is 5. The number of ether oxygens (including phenoxy) is 1. The zero-order chi connectivity index (χ0) is 14.5. The van der Waals surface area contributed by atoms with Crippen molar-refractivity contribution >= 4 is 5.69 Å². The summed E-state index contributed by atoms with van der Waals surface area (Å²) < 4.78 is 18.9. The summed E-state index contributed by atoms with van der Waals surface area (Å²) in [6.07, 6.45) is 0. The molecule has 2 aromatic carbocycles. The van der Waals surface area contributed by atoms with Crippen molar-refractivity contribution in [3.63, 3.8) is 0 Å². The van der Waals surface area contributed by atoms with E-state index >= 15 is 0 Å². The normalized spacial score (nSPS) is 10.8. The fourth-order valence-corrected chi connectivity index (χ4v) is 2.16. The third-order valence-electron chi connectivity index (χ3n) is 3.15. The van der Waals surface area contributed by atoms with Crippen LogP contribution in [0.15, 0.2) is 42.5 Å². The Morgan fingerprint density at radius 3 is 2.50 bits per heavy atom. The Labute approximate surface area is 118 Å². The molecule has 2 N–H and O–H groups in total. The minimum Gasteiger partial charge on any atom is -0.496 e. The Balaban J connectivity index is 2.08. The second kappa shape index (κ2) is 6.39. The van der Waals surface area contributed by atoms with Gasteiger partial charge in [-0.05, 0) is 19.2 Å². The molecule has 0 aliphatic heterocycles. The van der Waals surface area contributed by atoms with Crippen molar-refractivity contribution in [3.05, 3.63) is 59.4 Å². The number of nitrogens with two attached hydrogens (primary N) is 1. The summed E-state index contributed by atoms with van der Waals surface area (Å²) in [7, 11) is 3.57. The molecular weight excluding hydrogens is 255 g/mol. The predicted molar refractivity (Wildman–Crippen MR) is 79.0 cm³/mol. The lowest BCUT2D eigenvalue weighted by Crippen LogP contribution is -2.18. The molecule has 0 spiro atoms. The highest BCUT2D eigenvalue weighted by molar-refractivity contribution is 5.48. The highest BCUT2D eigenvalue weighted by Crippen LogP contribution is 2.23. The molecule has 2 aromatic rings. The van der Waals surface area contributed by atoms with Crippen LogP contribution < -0.4 is 10.5 Å². The molecule has 0 heterocycles. The van der Waals surface area contributed by atoms with Crippen molar-refractivity contribution in [2.75, 3.05) is 19.9 Å². The molecule has 0 fully saturated rings. The van der Waals surface area contributed by atoms with Crippen LogP contribution in [-0.2, 0) is 13.1 Å². The van der Waals surface area contributed by atoms with Crippen LogP contribution >= 0.6 is 0 Å². The summed E-state index contributed by atoms with van der Waals surface area (Å²) >= 11 is 0. The van der Waals surface area contributed by atoms with Gasteiger partial charge in [0.25, 0.3) is 0 Å². The largest absolute Gasteiger partial charge is 0.496 e. The van der Waals surface area contributed by atoms with E-state index < -0.39 is 0 Å². The number of hydrogen-bond acceptors (Lipinski definition) is 3. The number of hydrogen-bond donors (Lipinski definition) is 1. The van der Waals surface area contributed by atoms with E-state index in [1.165, 1.54) is 6.07 Å². The number of benzene rings is 2. The lowest BCUT2D eigenvalue weighted by molar-refractivity contribution is 0.305. The molecule has 0 aliphatic carbocycles. The van der Waals surface area contributed by atoms with E-state index in [2.05, 4.69) is 0 Å². The molecule has 0 aromatic heterocycles. The van der Waals surface area contributed by atoms with E-state index in [9.17, 15) is 4.39 Å². The summed E-state index contributed by atoms with van der Waals surface area (Å²) in [6.45, 7) is 1.21. The van der Waals surface area contributed by atoms with Crippen molar-refractivity contribution in [3.8, 4) is 5.75 Å². The molecule has 0 unspecified atom stereocenters. The first-order chi connectivity index (χ1) is 9.60. The molecule has 0 bridgehead atoms. The van der Waals surface area contributed by atoms with Gasteiger partial charge < -0.3 is 10.5 Å². The number of nitrogens with zero attached hydrogens (tertiary/aromatic N) is 1. The quantitative estimate of drug-likeness (QED) is 0.852. The van der Waals surface area contributed by atoms with E-state index in [4.69, 9.17) is 10.5 Å². The number of nitrogen functional groups attached to an aromatic ring is 1. The third-order valence-corrected chi connectivity index (χ3v) is 3.15. The summed E-state index contributed by atoms with van der Waals surface area (Å²) in [5.41, 5.74) is 8.12. The highest BCUT2D eigenvalue weighted by Gasteiger charge is 2.09. The molecule has 0 radical (unpaired) electrons. The Kier molecular flexibility index (Phi) is 4.58. The van der Waals surface area contributed by atoms with Gasteiger partial charge in [0.2, 0.25) is 0 Å². The van der Waals surface area contributed by atoms with Gasteiger partial charge in [-0.2, -0.15) is 0 Å². The van der Waals surface area contributed by atoms with Gasteiger partial charge >= 0.3 is 0 Å². The van der Waals surface area contributed by atoms with Gasteiger partial charge in [-0.15, -0.1) is 0 Å². The van der Waals surface area contributed by atoms with Gasteiger partial charge in [0.1, 0.15) is 11.6 Å². The van der Waals surface area contributed by atoms with Crippen LogP contribution in [0.3, 0.4) is 0 Å². The van der Waals surface area contributed by atoms with Crippen LogP contribution in [0.25, 0.3) is 0 Å². The second-order valence-electron chi connectivity index (χ2n) is 4.83. The number of methoxy groups -OCH3 is 1. The maximum Gasteiger partial charge on any atom is 0.127 e. The van der Waals surface area contributed by atoms with Gasteiger partial charge in [-0.25, -0.2) is 4.39 Å². The van der Waals surface area contributed by atoms with Crippen LogP contribution in [0.1, 0.15) is 11.1 Å². The molecule has 3 nitrogen and oxygen atoms in total. The van der Waals surface area contributed by atoms with Crippen LogP contribution in [0.2, 0.25) is 0 Å². The molecule has 2 rings (SSSR count). The molecule has 0 aliphatic rings. The lowest BCUT2D eigenvalue weighted by atomic mass is 10.1. The first-order valence-corrected chi connectivity index (χ1v) is 6.44. The van der Waals surface area contributed by atoms with Crippen molar-refractivity contribution in [2.24, 2.45) is 0 Å². The Morgan fingerprint density at radius 2 is 1.80 bits per heavy atom. The Bertz CT molecular complexity index is 586. The summed E-state index contributed by atoms with van der Waals surface area (Å²) in [4.78, 5) is 2.03. The van der Waals surface area contributed by atoms with Crippen LogP contribution in [0.4, 0.5) is 10.1 Å². The van der Waals surface area contributed by atoms with Crippen molar-refractivity contribution in [1.29, 1.82) is 0 Å². The van der Waals surface area contributed by atoms with Gasteiger partial charge in [0.15, 0.2) is 0 Å². The maximum atomic E-state index is 13.6. The minimum atomic E-state index is -0.177.